The minimum Gasteiger partial charge on any atom is -0.335 e. The van der Waals surface area contributed by atoms with Gasteiger partial charge in [-0.2, -0.15) is 0 Å². The minimum absolute atomic E-state index is 0.0221. The van der Waals surface area contributed by atoms with Crippen molar-refractivity contribution in [2.75, 3.05) is 0 Å². The maximum Gasteiger partial charge on any atom is 0.0541 e. The largest absolute Gasteiger partial charge is 0.335 e. The lowest BCUT2D eigenvalue weighted by atomic mass is 9.77. The number of hydrogen-bond acceptors (Lipinski definition) is 0. The van der Waals surface area contributed by atoms with E-state index in [1.807, 2.05) is 0 Å². The van der Waals surface area contributed by atoms with Gasteiger partial charge in [-0.1, -0.05) is 101 Å². The Labute approximate surface area is 326 Å². The van der Waals surface area contributed by atoms with Crippen LogP contribution < -0.4 is 0 Å². The van der Waals surface area contributed by atoms with Crippen LogP contribution in [0.25, 0.3) is 71.1 Å². The molecule has 3 nitrogen and oxygen atoms in total. The molecule has 0 aliphatic rings. The van der Waals surface area contributed by atoms with E-state index >= 15 is 0 Å². The van der Waals surface area contributed by atoms with Crippen molar-refractivity contribution in [2.24, 2.45) is 0 Å². The Morgan fingerprint density at radius 2 is 0.818 bits per heavy atom. The van der Waals surface area contributed by atoms with Crippen LogP contribution in [-0.4, -0.2) is 13.7 Å². The number of nitrogens with zero attached hydrogens (tertiary/aromatic N) is 3. The smallest absolute Gasteiger partial charge is 0.0541 e. The van der Waals surface area contributed by atoms with Crippen molar-refractivity contribution < 1.29 is 0 Å². The highest BCUT2D eigenvalue weighted by molar-refractivity contribution is 6.12. The molecule has 3 heteroatoms. The summed E-state index contributed by atoms with van der Waals surface area (Å²) in [6, 6.07) is 48.1. The number of aromatic nitrogens is 3. The first-order valence-corrected chi connectivity index (χ1v) is 20.2. The van der Waals surface area contributed by atoms with Gasteiger partial charge in [0.2, 0.25) is 0 Å². The van der Waals surface area contributed by atoms with Gasteiger partial charge in [0.15, 0.2) is 0 Å². The molecule has 0 aliphatic carbocycles. The van der Waals surface area contributed by atoms with Crippen LogP contribution in [-0.2, 0) is 21.9 Å². The fourth-order valence-electron chi connectivity index (χ4n) is 9.46. The third kappa shape index (κ3) is 5.61. The molecule has 0 unspecified atom stereocenters. The van der Waals surface area contributed by atoms with Crippen LogP contribution in [0.3, 0.4) is 0 Å². The van der Waals surface area contributed by atoms with Gasteiger partial charge in [-0.3, -0.25) is 0 Å². The summed E-state index contributed by atoms with van der Waals surface area (Å²) in [5.74, 6) is 0. The van der Waals surface area contributed by atoms with Crippen LogP contribution in [0.5, 0.6) is 0 Å². The van der Waals surface area contributed by atoms with Crippen LogP contribution in [0.15, 0.2) is 127 Å². The topological polar surface area (TPSA) is 14.8 Å². The van der Waals surface area contributed by atoms with E-state index in [1.165, 1.54) is 82.2 Å². The molecule has 9 rings (SSSR count). The van der Waals surface area contributed by atoms with Crippen LogP contribution in [0.2, 0.25) is 0 Å². The number of hydrogen-bond donors (Lipinski definition) is 0. The second-order valence-corrected chi connectivity index (χ2v) is 19.3. The Morgan fingerprint density at radius 1 is 0.382 bits per heavy atom. The van der Waals surface area contributed by atoms with Crippen molar-refractivity contribution in [2.45, 2.75) is 104 Å². The van der Waals surface area contributed by atoms with Crippen molar-refractivity contribution in [3.05, 3.63) is 139 Å². The van der Waals surface area contributed by atoms with E-state index in [2.05, 4.69) is 210 Å². The zero-order valence-corrected chi connectivity index (χ0v) is 34.4. The Morgan fingerprint density at radius 3 is 1.38 bits per heavy atom. The van der Waals surface area contributed by atoms with Crippen LogP contribution >= 0.6 is 0 Å². The van der Waals surface area contributed by atoms with Crippen molar-refractivity contribution in [3.8, 4) is 5.69 Å². The third-order valence-corrected chi connectivity index (χ3v) is 12.5. The molecule has 55 heavy (non-hydrogen) atoms. The van der Waals surface area contributed by atoms with Crippen LogP contribution in [0, 0.1) is 0 Å². The first kappa shape index (κ1) is 35.4. The molecule has 0 spiro atoms. The number of para-hydroxylation sites is 3. The van der Waals surface area contributed by atoms with Gasteiger partial charge >= 0.3 is 0 Å². The van der Waals surface area contributed by atoms with Gasteiger partial charge in [-0.25, -0.2) is 0 Å². The van der Waals surface area contributed by atoms with Crippen molar-refractivity contribution in [3.63, 3.8) is 0 Å². The summed E-state index contributed by atoms with van der Waals surface area (Å²) < 4.78 is 7.60. The Bertz CT molecular complexity index is 2890. The van der Waals surface area contributed by atoms with Crippen molar-refractivity contribution >= 4 is 65.4 Å². The molecule has 3 heterocycles. The normalized spacial score (nSPS) is 13.4. The highest BCUT2D eigenvalue weighted by Crippen LogP contribution is 2.43. The molecule has 0 N–H and O–H groups in total. The SMILES string of the molecule is CC(C)(C)c1ccc2c(c1)c1cc(C(C)(C)CCC(C)(C)n3c4ccccc4c4cc(-n5c6ccccc6c6ccccc65)ccc43)ccc1n2C(C)(C)C. The summed E-state index contributed by atoms with van der Waals surface area (Å²) >= 11 is 0. The van der Waals surface area contributed by atoms with E-state index in [0.29, 0.717) is 0 Å². The van der Waals surface area contributed by atoms with Gasteiger partial charge in [0.25, 0.3) is 0 Å². The van der Waals surface area contributed by atoms with Crippen molar-refractivity contribution in [1.29, 1.82) is 0 Å². The lowest BCUT2D eigenvalue weighted by Crippen LogP contribution is -2.29. The van der Waals surface area contributed by atoms with Crippen LogP contribution in [0.1, 0.15) is 93.2 Å². The fourth-order valence-corrected chi connectivity index (χ4v) is 9.46. The molecule has 0 amide bonds. The van der Waals surface area contributed by atoms with Gasteiger partial charge in [0, 0.05) is 71.1 Å². The summed E-state index contributed by atoms with van der Waals surface area (Å²) in [6.07, 6.45) is 2.10. The van der Waals surface area contributed by atoms with Gasteiger partial charge in [0.1, 0.15) is 0 Å². The first-order valence-electron chi connectivity index (χ1n) is 20.2. The molecule has 0 radical (unpaired) electrons. The van der Waals surface area contributed by atoms with Gasteiger partial charge in [-0.15, -0.1) is 0 Å². The number of benzene rings is 6. The van der Waals surface area contributed by atoms with E-state index in [-0.39, 0.29) is 21.9 Å². The zero-order chi connectivity index (χ0) is 38.7. The fraction of sp³-hybridized carbons (Fsp3) is 0.308. The summed E-state index contributed by atoms with van der Waals surface area (Å²) in [6.45, 7) is 23.7. The second-order valence-electron chi connectivity index (χ2n) is 19.3. The second kappa shape index (κ2) is 12.1. The zero-order valence-electron chi connectivity index (χ0n) is 34.4. The summed E-state index contributed by atoms with van der Waals surface area (Å²) in [5, 5.41) is 7.92. The number of rotatable bonds is 6. The molecular formula is C52H55N3. The quantitative estimate of drug-likeness (QED) is 0.162. The van der Waals surface area contributed by atoms with Crippen molar-refractivity contribution in [1.82, 2.24) is 13.7 Å². The Hall–Kier alpha value is -5.28. The molecule has 6 aromatic carbocycles. The van der Waals surface area contributed by atoms with E-state index in [4.69, 9.17) is 0 Å². The average molecular weight is 722 g/mol. The molecule has 3 aromatic heterocycles. The molecule has 278 valence electrons. The number of fused-ring (bicyclic) bond motifs is 9. The predicted molar refractivity (Wildman–Crippen MR) is 239 cm³/mol. The lowest BCUT2D eigenvalue weighted by Gasteiger charge is -2.34. The maximum atomic E-state index is 2.62. The standard InChI is InChI=1S/C52H55N3/c1-49(2,3)34-23-26-46-40(31-34)41-32-35(24-27-47(41)54(46)50(4,5)6)51(7,8)29-30-52(9,10)55-45-22-16-13-19-39(45)42-33-36(25-28-48(42)55)53-43-20-14-11-17-37(43)38-18-12-15-21-44(38)53/h11-28,31-33H,29-30H2,1-10H3. The average Bonchev–Trinajstić information content (AvgIpc) is 3.79. The molecular weight excluding hydrogens is 667 g/mol. The third-order valence-electron chi connectivity index (χ3n) is 12.5. The highest BCUT2D eigenvalue weighted by Gasteiger charge is 2.31. The molecule has 9 aromatic rings. The summed E-state index contributed by atoms with van der Waals surface area (Å²) in [4.78, 5) is 0. The van der Waals surface area contributed by atoms with E-state index in [9.17, 15) is 0 Å². The molecule has 0 saturated heterocycles. The van der Waals surface area contributed by atoms with Gasteiger partial charge in [-0.05, 0) is 130 Å². The lowest BCUT2D eigenvalue weighted by molar-refractivity contribution is 0.298. The molecule has 0 atom stereocenters. The molecule has 0 fully saturated rings. The van der Waals surface area contributed by atoms with E-state index in [0.717, 1.165) is 12.8 Å². The highest BCUT2D eigenvalue weighted by atomic mass is 15.1. The van der Waals surface area contributed by atoms with Gasteiger partial charge < -0.3 is 13.7 Å². The molecule has 0 saturated carbocycles. The van der Waals surface area contributed by atoms with Gasteiger partial charge in [0.05, 0.1) is 11.0 Å². The predicted octanol–water partition coefficient (Wildman–Crippen LogP) is 14.5. The van der Waals surface area contributed by atoms with E-state index < -0.39 is 0 Å². The Kier molecular flexibility index (Phi) is 7.80. The monoisotopic (exact) mass is 721 g/mol. The maximum absolute atomic E-state index is 2.62. The molecule has 0 aliphatic heterocycles. The summed E-state index contributed by atoms with van der Waals surface area (Å²) in [5.41, 5.74) is 11.6. The first-order chi connectivity index (χ1) is 26.0. The van der Waals surface area contributed by atoms with Crippen LogP contribution in [0.4, 0.5) is 0 Å². The van der Waals surface area contributed by atoms with E-state index in [1.54, 1.807) is 0 Å². The minimum atomic E-state index is -0.124. The Balaban J connectivity index is 1.11. The summed E-state index contributed by atoms with van der Waals surface area (Å²) in [7, 11) is 0. The molecule has 0 bridgehead atoms.